The molecule has 0 saturated heterocycles. The molecule has 0 saturated carbocycles. The number of benzene rings is 2. The second kappa shape index (κ2) is 10.1. The Kier molecular flexibility index (Phi) is 7.01. The lowest BCUT2D eigenvalue weighted by Crippen LogP contribution is -2.45. The van der Waals surface area contributed by atoms with Gasteiger partial charge in [0.05, 0.1) is 6.61 Å². The Morgan fingerprint density at radius 2 is 1.76 bits per heavy atom. The minimum Gasteiger partial charge on any atom is -0.494 e. The van der Waals surface area contributed by atoms with Crippen LogP contribution in [0.3, 0.4) is 0 Å². The van der Waals surface area contributed by atoms with Crippen LogP contribution < -0.4 is 15.7 Å². The van der Waals surface area contributed by atoms with Crippen LogP contribution in [-0.4, -0.2) is 24.5 Å². The van der Waals surface area contributed by atoms with E-state index in [1.54, 1.807) is 24.3 Å². The van der Waals surface area contributed by atoms with Crippen LogP contribution in [0.15, 0.2) is 51.7 Å². The number of carbonyl (C=O) groups is 2. The van der Waals surface area contributed by atoms with Gasteiger partial charge in [-0.1, -0.05) is 13.8 Å². The fourth-order valence-electron chi connectivity index (χ4n) is 4.24. The topological polar surface area (TPSA) is 94.8 Å². The normalized spacial score (nSPS) is 13.5. The zero-order chi connectivity index (χ0) is 24.2. The molecule has 1 aromatic heterocycles. The smallest absolute Gasteiger partial charge is 0.336 e. The van der Waals surface area contributed by atoms with Crippen molar-refractivity contribution in [1.29, 1.82) is 0 Å². The van der Waals surface area contributed by atoms with Crippen molar-refractivity contribution in [3.05, 3.63) is 75.1 Å². The summed E-state index contributed by atoms with van der Waals surface area (Å²) in [7, 11) is 0. The number of hydrogen-bond acceptors (Lipinski definition) is 6. The molecule has 0 radical (unpaired) electrons. The van der Waals surface area contributed by atoms with E-state index in [1.807, 2.05) is 32.9 Å². The fraction of sp³-hybridized carbons (Fsp3) is 0.370. The number of fused-ring (bicyclic) bond motifs is 2. The predicted octanol–water partition coefficient (Wildman–Crippen LogP) is 4.18. The Bertz CT molecular complexity index is 1260. The Labute approximate surface area is 198 Å². The summed E-state index contributed by atoms with van der Waals surface area (Å²) in [4.78, 5) is 37.7. The minimum atomic E-state index is -0.838. The number of nitrogens with one attached hydrogen (secondary N) is 1. The van der Waals surface area contributed by atoms with Crippen LogP contribution in [0.25, 0.3) is 11.0 Å². The van der Waals surface area contributed by atoms with Crippen LogP contribution in [-0.2, 0) is 29.0 Å². The van der Waals surface area contributed by atoms with E-state index in [1.165, 1.54) is 17.2 Å². The zero-order valence-corrected chi connectivity index (χ0v) is 19.7. The highest BCUT2D eigenvalue weighted by atomic mass is 16.5. The Balaban J connectivity index is 1.47. The standard InChI is InChI=1S/C27H29NO6/c1-4-32-21-10-8-17(9-11-21)26(30)28-25(16(2)3)27(31)33-15-20-14-24(29)34-23-13-19-7-5-6-18(19)12-22(20)23/h8-14,16,25H,4-7,15H2,1-3H3,(H,28,30). The van der Waals surface area contributed by atoms with E-state index >= 15 is 0 Å². The van der Waals surface area contributed by atoms with Gasteiger partial charge in [-0.3, -0.25) is 4.79 Å². The van der Waals surface area contributed by atoms with Crippen molar-refractivity contribution in [3.8, 4) is 5.75 Å². The lowest BCUT2D eigenvalue weighted by Gasteiger charge is -2.21. The molecule has 1 N–H and O–H groups in total. The third kappa shape index (κ3) is 5.14. The van der Waals surface area contributed by atoms with Crippen molar-refractivity contribution < 1.29 is 23.5 Å². The maximum atomic E-state index is 12.9. The summed E-state index contributed by atoms with van der Waals surface area (Å²) in [6.45, 7) is 6.01. The molecule has 1 amide bonds. The molecule has 1 heterocycles. The quantitative estimate of drug-likeness (QED) is 0.398. The third-order valence-electron chi connectivity index (χ3n) is 6.05. The van der Waals surface area contributed by atoms with Gasteiger partial charge >= 0.3 is 11.6 Å². The maximum Gasteiger partial charge on any atom is 0.336 e. The first-order valence-corrected chi connectivity index (χ1v) is 11.6. The largest absolute Gasteiger partial charge is 0.494 e. The summed E-state index contributed by atoms with van der Waals surface area (Å²) < 4.78 is 16.4. The van der Waals surface area contributed by atoms with Gasteiger partial charge in [0.25, 0.3) is 5.91 Å². The number of carbonyl (C=O) groups excluding carboxylic acids is 2. The number of hydrogen-bond donors (Lipinski definition) is 1. The molecule has 34 heavy (non-hydrogen) atoms. The highest BCUT2D eigenvalue weighted by Gasteiger charge is 2.27. The second-order valence-electron chi connectivity index (χ2n) is 8.82. The fourth-order valence-corrected chi connectivity index (χ4v) is 4.24. The van der Waals surface area contributed by atoms with Gasteiger partial charge in [-0.15, -0.1) is 0 Å². The Morgan fingerprint density at radius 3 is 2.44 bits per heavy atom. The van der Waals surface area contributed by atoms with Crippen LogP contribution in [0.1, 0.15) is 54.2 Å². The average Bonchev–Trinajstić information content (AvgIpc) is 3.27. The number of aryl methyl sites for hydroxylation is 2. The van der Waals surface area contributed by atoms with Gasteiger partial charge in [-0.05, 0) is 79.6 Å². The number of amides is 1. The molecule has 7 nitrogen and oxygen atoms in total. The highest BCUT2D eigenvalue weighted by molar-refractivity contribution is 5.97. The van der Waals surface area contributed by atoms with Crippen LogP contribution in [0.5, 0.6) is 5.75 Å². The molecule has 7 heteroatoms. The van der Waals surface area contributed by atoms with E-state index in [4.69, 9.17) is 13.9 Å². The summed E-state index contributed by atoms with van der Waals surface area (Å²) in [5.41, 5.74) is 3.46. The van der Waals surface area contributed by atoms with Gasteiger partial charge in [0.15, 0.2) is 0 Å². The summed E-state index contributed by atoms with van der Waals surface area (Å²) >= 11 is 0. The molecule has 1 unspecified atom stereocenters. The molecule has 3 aromatic rings. The van der Waals surface area contributed by atoms with Crippen LogP contribution in [0.2, 0.25) is 0 Å². The molecule has 1 aliphatic rings. The lowest BCUT2D eigenvalue weighted by atomic mass is 10.0. The SMILES string of the molecule is CCOc1ccc(C(=O)NC(C(=O)OCc2cc(=O)oc3cc4c(cc23)CCC4)C(C)C)cc1. The second-order valence-corrected chi connectivity index (χ2v) is 8.82. The van der Waals surface area contributed by atoms with Gasteiger partial charge in [0.2, 0.25) is 0 Å². The summed E-state index contributed by atoms with van der Waals surface area (Å²) in [5, 5.41) is 3.54. The molecular weight excluding hydrogens is 434 g/mol. The van der Waals surface area contributed by atoms with Crippen molar-refractivity contribution in [3.63, 3.8) is 0 Å². The molecule has 0 fully saturated rings. The van der Waals surface area contributed by atoms with E-state index in [-0.39, 0.29) is 18.4 Å². The minimum absolute atomic E-state index is 0.0815. The van der Waals surface area contributed by atoms with Crippen molar-refractivity contribution in [1.82, 2.24) is 5.32 Å². The van der Waals surface area contributed by atoms with Crippen LogP contribution in [0.4, 0.5) is 0 Å². The summed E-state index contributed by atoms with van der Waals surface area (Å²) in [6, 6.07) is 11.2. The van der Waals surface area contributed by atoms with E-state index in [2.05, 4.69) is 5.32 Å². The molecule has 0 bridgehead atoms. The molecule has 1 atom stereocenters. The number of esters is 1. The van der Waals surface area contributed by atoms with E-state index in [0.29, 0.717) is 29.1 Å². The molecule has 2 aromatic carbocycles. The Hall–Kier alpha value is -3.61. The summed E-state index contributed by atoms with van der Waals surface area (Å²) in [5.74, 6) is -0.457. The van der Waals surface area contributed by atoms with Gasteiger partial charge in [-0.25, -0.2) is 9.59 Å². The first-order chi connectivity index (χ1) is 16.4. The van der Waals surface area contributed by atoms with Gasteiger partial charge in [0.1, 0.15) is 24.0 Å². The van der Waals surface area contributed by atoms with Crippen molar-refractivity contribution in [2.45, 2.75) is 52.7 Å². The average molecular weight is 464 g/mol. The van der Waals surface area contributed by atoms with Crippen LogP contribution in [0, 0.1) is 5.92 Å². The molecule has 4 rings (SSSR count). The first-order valence-electron chi connectivity index (χ1n) is 11.6. The van der Waals surface area contributed by atoms with Crippen molar-refractivity contribution in [2.24, 2.45) is 5.92 Å². The number of ether oxygens (including phenoxy) is 2. The van der Waals surface area contributed by atoms with Gasteiger partial charge in [0, 0.05) is 22.6 Å². The zero-order valence-electron chi connectivity index (χ0n) is 19.7. The van der Waals surface area contributed by atoms with E-state index < -0.39 is 17.6 Å². The van der Waals surface area contributed by atoms with Crippen LogP contribution >= 0.6 is 0 Å². The lowest BCUT2D eigenvalue weighted by molar-refractivity contribution is -0.148. The molecule has 0 aliphatic heterocycles. The molecular formula is C27H29NO6. The highest BCUT2D eigenvalue weighted by Crippen LogP contribution is 2.29. The van der Waals surface area contributed by atoms with E-state index in [0.717, 1.165) is 24.6 Å². The Morgan fingerprint density at radius 1 is 1.06 bits per heavy atom. The molecule has 1 aliphatic carbocycles. The van der Waals surface area contributed by atoms with Crippen molar-refractivity contribution in [2.75, 3.05) is 6.61 Å². The predicted molar refractivity (Wildman–Crippen MR) is 128 cm³/mol. The molecule has 0 spiro atoms. The molecule has 178 valence electrons. The van der Waals surface area contributed by atoms with E-state index in [9.17, 15) is 14.4 Å². The first kappa shape index (κ1) is 23.5. The maximum absolute atomic E-state index is 12.9. The van der Waals surface area contributed by atoms with Crippen molar-refractivity contribution >= 4 is 22.8 Å². The number of rotatable bonds is 8. The monoisotopic (exact) mass is 463 g/mol. The third-order valence-corrected chi connectivity index (χ3v) is 6.05. The summed E-state index contributed by atoms with van der Waals surface area (Å²) in [6.07, 6.45) is 3.03. The van der Waals surface area contributed by atoms with Gasteiger partial charge < -0.3 is 19.2 Å². The van der Waals surface area contributed by atoms with Gasteiger partial charge in [-0.2, -0.15) is 0 Å².